The van der Waals surface area contributed by atoms with E-state index in [0.717, 1.165) is 5.69 Å². The summed E-state index contributed by atoms with van der Waals surface area (Å²) in [6.07, 6.45) is 2.48. The van der Waals surface area contributed by atoms with Gasteiger partial charge in [-0.2, -0.15) is 0 Å². The van der Waals surface area contributed by atoms with Gasteiger partial charge in [0.05, 0.1) is 11.7 Å². The molecule has 17 heavy (non-hydrogen) atoms. The van der Waals surface area contributed by atoms with Crippen LogP contribution < -0.4 is 5.32 Å². The quantitative estimate of drug-likeness (QED) is 0.765. The lowest BCUT2D eigenvalue weighted by molar-refractivity contribution is -0.149. The highest BCUT2D eigenvalue weighted by molar-refractivity contribution is 6.04. The van der Waals surface area contributed by atoms with E-state index in [1.165, 1.54) is 0 Å². The van der Waals surface area contributed by atoms with Crippen LogP contribution in [0.4, 0.5) is 0 Å². The highest BCUT2D eigenvalue weighted by atomic mass is 16.4. The summed E-state index contributed by atoms with van der Waals surface area (Å²) in [6.45, 7) is 1.79. The third-order valence-corrected chi connectivity index (χ3v) is 3.07. The molecule has 2 N–H and O–H groups in total. The molecule has 2 rings (SSSR count). The Bertz CT molecular complexity index is 440. The van der Waals surface area contributed by atoms with Crippen LogP contribution in [-0.4, -0.2) is 22.0 Å². The second-order valence-electron chi connectivity index (χ2n) is 4.34. The van der Waals surface area contributed by atoms with Crippen molar-refractivity contribution in [2.45, 2.75) is 25.8 Å². The van der Waals surface area contributed by atoms with Crippen molar-refractivity contribution in [2.75, 3.05) is 0 Å². The first-order valence-electron chi connectivity index (χ1n) is 5.51. The van der Waals surface area contributed by atoms with Crippen molar-refractivity contribution in [1.82, 2.24) is 10.3 Å². The fraction of sp³-hybridized carbons (Fsp3) is 0.417. The topological polar surface area (TPSA) is 79.3 Å². The Labute approximate surface area is 98.9 Å². The maximum atomic E-state index is 11.8. The summed E-state index contributed by atoms with van der Waals surface area (Å²) in [5, 5.41) is 11.7. The zero-order valence-corrected chi connectivity index (χ0v) is 9.51. The van der Waals surface area contributed by atoms with Crippen molar-refractivity contribution >= 4 is 11.9 Å². The highest BCUT2D eigenvalue weighted by Gasteiger charge is 2.57. The van der Waals surface area contributed by atoms with E-state index >= 15 is 0 Å². The van der Waals surface area contributed by atoms with E-state index in [1.807, 2.05) is 6.07 Å². The Balaban J connectivity index is 2.03. The summed E-state index contributed by atoms with van der Waals surface area (Å²) >= 11 is 0. The van der Waals surface area contributed by atoms with Crippen LogP contribution in [0.25, 0.3) is 0 Å². The van der Waals surface area contributed by atoms with Gasteiger partial charge in [-0.15, -0.1) is 0 Å². The average molecular weight is 234 g/mol. The summed E-state index contributed by atoms with van der Waals surface area (Å²) in [5.41, 5.74) is -0.467. The fourth-order valence-corrected chi connectivity index (χ4v) is 1.70. The van der Waals surface area contributed by atoms with Gasteiger partial charge in [-0.05, 0) is 31.9 Å². The van der Waals surface area contributed by atoms with Crippen LogP contribution in [0.1, 0.15) is 31.5 Å². The van der Waals surface area contributed by atoms with Gasteiger partial charge in [0.25, 0.3) is 0 Å². The highest BCUT2D eigenvalue weighted by Crippen LogP contribution is 2.46. The molecule has 1 fully saturated rings. The van der Waals surface area contributed by atoms with Crippen molar-refractivity contribution < 1.29 is 14.7 Å². The standard InChI is InChI=1S/C12H14N2O3/c1-8(9-4-2-3-7-13-9)14-10(15)12(5-6-12)11(16)17/h2-4,7-8H,5-6H2,1H3,(H,14,15)(H,16,17)/t8-/m0/s1. The third kappa shape index (κ3) is 2.13. The summed E-state index contributed by atoms with van der Waals surface area (Å²) in [7, 11) is 0. The fourth-order valence-electron chi connectivity index (χ4n) is 1.70. The lowest BCUT2D eigenvalue weighted by Gasteiger charge is -2.16. The molecule has 1 atom stereocenters. The van der Waals surface area contributed by atoms with E-state index in [2.05, 4.69) is 10.3 Å². The molecule has 5 nitrogen and oxygen atoms in total. The molecule has 0 saturated heterocycles. The number of carboxylic acids is 1. The first kappa shape index (κ1) is 11.6. The number of carbonyl (C=O) groups excluding carboxylic acids is 1. The molecule has 1 aliphatic rings. The summed E-state index contributed by atoms with van der Waals surface area (Å²) in [5.74, 6) is -1.45. The molecule has 90 valence electrons. The molecule has 0 radical (unpaired) electrons. The number of nitrogens with zero attached hydrogens (tertiary/aromatic N) is 1. The number of carboxylic acid groups (broad SMARTS) is 1. The number of carbonyl (C=O) groups is 2. The smallest absolute Gasteiger partial charge is 0.319 e. The number of pyridine rings is 1. The molecule has 5 heteroatoms. The van der Waals surface area contributed by atoms with Crippen LogP contribution in [0.15, 0.2) is 24.4 Å². The minimum absolute atomic E-state index is 0.277. The van der Waals surface area contributed by atoms with Gasteiger partial charge in [0.1, 0.15) is 5.41 Å². The largest absolute Gasteiger partial charge is 0.480 e. The van der Waals surface area contributed by atoms with Gasteiger partial charge in [-0.3, -0.25) is 14.6 Å². The molecule has 0 bridgehead atoms. The van der Waals surface area contributed by atoms with Gasteiger partial charge in [0.2, 0.25) is 5.91 Å². The summed E-state index contributed by atoms with van der Waals surface area (Å²) < 4.78 is 0. The van der Waals surface area contributed by atoms with Crippen LogP contribution in [-0.2, 0) is 9.59 Å². The van der Waals surface area contributed by atoms with E-state index in [1.54, 1.807) is 25.3 Å². The number of aliphatic carboxylic acids is 1. The first-order chi connectivity index (χ1) is 8.06. The Hall–Kier alpha value is -1.91. The predicted octanol–water partition coefficient (Wildman–Crippen LogP) is 1.12. The molecule has 1 aromatic heterocycles. The van der Waals surface area contributed by atoms with Gasteiger partial charge in [0, 0.05) is 6.20 Å². The third-order valence-electron chi connectivity index (χ3n) is 3.07. The molecular weight excluding hydrogens is 220 g/mol. The normalized spacial score (nSPS) is 18.2. The van der Waals surface area contributed by atoms with Gasteiger partial charge in [-0.25, -0.2) is 0 Å². The number of hydrogen-bond acceptors (Lipinski definition) is 3. The van der Waals surface area contributed by atoms with Crippen LogP contribution in [0, 0.1) is 5.41 Å². The number of aromatic nitrogens is 1. The Kier molecular flexibility index (Phi) is 2.83. The average Bonchev–Trinajstić information content (AvgIpc) is 3.11. The van der Waals surface area contributed by atoms with E-state index in [-0.39, 0.29) is 6.04 Å². The molecular formula is C12H14N2O3. The van der Waals surface area contributed by atoms with Gasteiger partial charge >= 0.3 is 5.97 Å². The molecule has 0 aliphatic heterocycles. The molecule has 1 heterocycles. The molecule has 0 unspecified atom stereocenters. The monoisotopic (exact) mass is 234 g/mol. The van der Waals surface area contributed by atoms with Crippen LogP contribution in [0.5, 0.6) is 0 Å². The van der Waals surface area contributed by atoms with E-state index in [0.29, 0.717) is 12.8 Å². The second-order valence-corrected chi connectivity index (χ2v) is 4.34. The van der Waals surface area contributed by atoms with Crippen LogP contribution in [0.2, 0.25) is 0 Å². The minimum atomic E-state index is -1.19. The molecule has 1 amide bonds. The van der Waals surface area contributed by atoms with Gasteiger partial charge < -0.3 is 10.4 Å². The lowest BCUT2D eigenvalue weighted by Crippen LogP contribution is -2.38. The van der Waals surface area contributed by atoms with Gasteiger partial charge in [-0.1, -0.05) is 6.07 Å². The van der Waals surface area contributed by atoms with E-state index < -0.39 is 17.3 Å². The Morgan fingerprint density at radius 2 is 2.18 bits per heavy atom. The van der Waals surface area contributed by atoms with Crippen molar-refractivity contribution in [1.29, 1.82) is 0 Å². The van der Waals surface area contributed by atoms with E-state index in [9.17, 15) is 9.59 Å². The zero-order chi connectivity index (χ0) is 12.5. The number of hydrogen-bond donors (Lipinski definition) is 2. The number of nitrogens with one attached hydrogen (secondary N) is 1. The van der Waals surface area contributed by atoms with E-state index in [4.69, 9.17) is 5.11 Å². The molecule has 0 aromatic carbocycles. The second kappa shape index (κ2) is 4.16. The van der Waals surface area contributed by atoms with Crippen molar-refractivity contribution in [2.24, 2.45) is 5.41 Å². The maximum Gasteiger partial charge on any atom is 0.319 e. The first-order valence-corrected chi connectivity index (χ1v) is 5.51. The lowest BCUT2D eigenvalue weighted by atomic mass is 10.1. The SMILES string of the molecule is C[C@H](NC(=O)C1(C(=O)O)CC1)c1ccccn1. The molecule has 0 spiro atoms. The molecule has 1 aromatic rings. The van der Waals surface area contributed by atoms with Gasteiger partial charge in [0.15, 0.2) is 0 Å². The van der Waals surface area contributed by atoms with Crippen molar-refractivity contribution in [3.63, 3.8) is 0 Å². The Morgan fingerprint density at radius 3 is 2.65 bits per heavy atom. The predicted molar refractivity (Wildman–Crippen MR) is 60.1 cm³/mol. The molecule has 1 aliphatic carbocycles. The summed E-state index contributed by atoms with van der Waals surface area (Å²) in [6, 6.07) is 5.14. The maximum absolute atomic E-state index is 11.8. The number of amides is 1. The Morgan fingerprint density at radius 1 is 1.47 bits per heavy atom. The minimum Gasteiger partial charge on any atom is -0.480 e. The van der Waals surface area contributed by atoms with Crippen molar-refractivity contribution in [3.8, 4) is 0 Å². The van der Waals surface area contributed by atoms with Crippen molar-refractivity contribution in [3.05, 3.63) is 30.1 Å². The summed E-state index contributed by atoms with van der Waals surface area (Å²) in [4.78, 5) is 26.9. The molecule has 1 saturated carbocycles. The van der Waals surface area contributed by atoms with Crippen LogP contribution in [0.3, 0.4) is 0 Å². The van der Waals surface area contributed by atoms with Crippen LogP contribution >= 0.6 is 0 Å². The number of rotatable bonds is 4. The zero-order valence-electron chi connectivity index (χ0n) is 9.51.